The van der Waals surface area contributed by atoms with E-state index in [0.29, 0.717) is 22.8 Å². The molecular weight excluding hydrogens is 372 g/mol. The highest BCUT2D eigenvalue weighted by Crippen LogP contribution is 2.23. The Hall–Kier alpha value is -3.66. The van der Waals surface area contributed by atoms with E-state index >= 15 is 0 Å². The van der Waals surface area contributed by atoms with Crippen molar-refractivity contribution >= 4 is 29.3 Å². The van der Waals surface area contributed by atoms with Crippen molar-refractivity contribution in [1.82, 2.24) is 30.2 Å². The fraction of sp³-hybridized carbons (Fsp3) is 0.263. The summed E-state index contributed by atoms with van der Waals surface area (Å²) in [4.78, 5) is 21.0. The first kappa shape index (κ1) is 18.7. The van der Waals surface area contributed by atoms with Crippen LogP contribution in [0.1, 0.15) is 36.7 Å². The summed E-state index contributed by atoms with van der Waals surface area (Å²) >= 11 is 0. The first-order chi connectivity index (χ1) is 13.7. The Morgan fingerprint density at radius 2 is 2.17 bits per heavy atom. The highest BCUT2D eigenvalue weighted by atomic mass is 16.3. The zero-order valence-electron chi connectivity index (χ0n) is 16.3. The van der Waals surface area contributed by atoms with Gasteiger partial charge in [-0.1, -0.05) is 0 Å². The SMILES string of the molecule is Cc1ccnc(C(C)Nc2cc(N)n3ncc(/C=C4\N[C@@](C)(O)NC4=O)c3n2)c1. The number of carbonyl (C=O) groups excluding carboxylic acids is 1. The number of fused-ring (bicyclic) bond motifs is 1. The van der Waals surface area contributed by atoms with E-state index < -0.39 is 11.8 Å². The van der Waals surface area contributed by atoms with Gasteiger partial charge in [-0.25, -0.2) is 4.98 Å². The average Bonchev–Trinajstić information content (AvgIpc) is 3.15. The van der Waals surface area contributed by atoms with E-state index in [1.807, 2.05) is 26.0 Å². The number of aliphatic hydroxyl groups is 1. The van der Waals surface area contributed by atoms with Crippen LogP contribution >= 0.6 is 0 Å². The molecule has 10 nitrogen and oxygen atoms in total. The molecule has 150 valence electrons. The molecule has 10 heteroatoms. The molecule has 1 saturated heterocycles. The number of hydrogen-bond acceptors (Lipinski definition) is 8. The monoisotopic (exact) mass is 394 g/mol. The highest BCUT2D eigenvalue weighted by molar-refractivity contribution is 6.00. The summed E-state index contributed by atoms with van der Waals surface area (Å²) in [5.41, 5.74) is 9.41. The normalized spacial score (nSPS) is 21.2. The molecule has 1 amide bonds. The third-order valence-corrected chi connectivity index (χ3v) is 4.55. The fourth-order valence-corrected chi connectivity index (χ4v) is 3.17. The molecule has 29 heavy (non-hydrogen) atoms. The molecule has 1 aliphatic rings. The van der Waals surface area contributed by atoms with Gasteiger partial charge in [0.2, 0.25) is 5.85 Å². The van der Waals surface area contributed by atoms with Crippen LogP contribution in [-0.2, 0) is 4.79 Å². The number of amides is 1. The summed E-state index contributed by atoms with van der Waals surface area (Å²) in [5.74, 6) is -0.971. The average molecular weight is 394 g/mol. The summed E-state index contributed by atoms with van der Waals surface area (Å²) in [6, 6.07) is 5.54. The number of carbonyl (C=O) groups is 1. The molecule has 0 aliphatic carbocycles. The minimum absolute atomic E-state index is 0.0913. The van der Waals surface area contributed by atoms with E-state index in [0.717, 1.165) is 11.3 Å². The highest BCUT2D eigenvalue weighted by Gasteiger charge is 2.33. The van der Waals surface area contributed by atoms with Crippen LogP contribution < -0.4 is 21.7 Å². The van der Waals surface area contributed by atoms with Crippen molar-refractivity contribution in [3.8, 4) is 0 Å². The Labute approximate surface area is 166 Å². The number of anilines is 2. The largest absolute Gasteiger partial charge is 0.383 e. The topological polar surface area (TPSA) is 142 Å². The van der Waals surface area contributed by atoms with Gasteiger partial charge in [0.05, 0.1) is 17.9 Å². The van der Waals surface area contributed by atoms with Gasteiger partial charge in [0.1, 0.15) is 17.3 Å². The van der Waals surface area contributed by atoms with Crippen LogP contribution in [0.25, 0.3) is 11.7 Å². The Morgan fingerprint density at radius 3 is 2.86 bits per heavy atom. The summed E-state index contributed by atoms with van der Waals surface area (Å²) in [6.45, 7) is 5.44. The summed E-state index contributed by atoms with van der Waals surface area (Å²) in [6.07, 6.45) is 4.90. The van der Waals surface area contributed by atoms with E-state index in [4.69, 9.17) is 5.73 Å². The summed E-state index contributed by atoms with van der Waals surface area (Å²) in [5, 5.41) is 22.6. The standard InChI is InChI=1S/C19H22N8O2/c1-10-4-5-21-13(6-10)11(2)23-16-8-15(20)27-17(24-16)12(9-22-27)7-14-18(28)26-19(3,29)25-14/h4-9,11,25,29H,20H2,1-3H3,(H,23,24)(H,26,28)/b14-7-/t11?,19-/m1/s1. The maximum absolute atomic E-state index is 12.0. The second-order valence-corrected chi connectivity index (χ2v) is 7.24. The van der Waals surface area contributed by atoms with Gasteiger partial charge < -0.3 is 26.8 Å². The number of nitrogen functional groups attached to an aromatic ring is 1. The third kappa shape index (κ3) is 3.69. The van der Waals surface area contributed by atoms with Gasteiger partial charge in [-0.3, -0.25) is 9.78 Å². The number of hydrogen-bond donors (Lipinski definition) is 5. The lowest BCUT2D eigenvalue weighted by Crippen LogP contribution is -2.45. The molecule has 1 unspecified atom stereocenters. The zero-order valence-corrected chi connectivity index (χ0v) is 16.3. The molecule has 0 aromatic carbocycles. The molecule has 0 spiro atoms. The first-order valence-electron chi connectivity index (χ1n) is 9.10. The lowest BCUT2D eigenvalue weighted by Gasteiger charge is -2.15. The Kier molecular flexibility index (Phi) is 4.35. The molecule has 3 aromatic rings. The Bertz CT molecular complexity index is 1130. The van der Waals surface area contributed by atoms with Crippen molar-refractivity contribution in [3.05, 3.63) is 53.1 Å². The van der Waals surface area contributed by atoms with Crippen LogP contribution in [0.2, 0.25) is 0 Å². The van der Waals surface area contributed by atoms with E-state index in [9.17, 15) is 9.90 Å². The predicted octanol–water partition coefficient (Wildman–Crippen LogP) is 0.914. The lowest BCUT2D eigenvalue weighted by atomic mass is 10.1. The fourth-order valence-electron chi connectivity index (χ4n) is 3.17. The minimum atomic E-state index is -1.50. The van der Waals surface area contributed by atoms with Gasteiger partial charge >= 0.3 is 0 Å². The van der Waals surface area contributed by atoms with Crippen LogP contribution in [0, 0.1) is 6.92 Å². The molecule has 4 rings (SSSR count). The lowest BCUT2D eigenvalue weighted by molar-refractivity contribution is -0.119. The molecule has 3 aromatic heterocycles. The number of aryl methyl sites for hydroxylation is 1. The number of rotatable bonds is 4. The molecule has 4 heterocycles. The number of pyridine rings is 1. The van der Waals surface area contributed by atoms with Crippen LogP contribution in [0.3, 0.4) is 0 Å². The van der Waals surface area contributed by atoms with Crippen LogP contribution in [-0.4, -0.2) is 36.4 Å². The second-order valence-electron chi connectivity index (χ2n) is 7.24. The Morgan fingerprint density at radius 1 is 1.38 bits per heavy atom. The number of nitrogens with two attached hydrogens (primary N) is 1. The molecule has 2 atom stereocenters. The van der Waals surface area contributed by atoms with Crippen LogP contribution in [0.15, 0.2) is 36.3 Å². The Balaban J connectivity index is 1.68. The first-order valence-corrected chi connectivity index (χ1v) is 9.10. The van der Waals surface area contributed by atoms with Crippen molar-refractivity contribution in [3.63, 3.8) is 0 Å². The minimum Gasteiger partial charge on any atom is -0.383 e. The number of aromatic nitrogens is 4. The molecule has 1 fully saturated rings. The quantitative estimate of drug-likeness (QED) is 0.411. The van der Waals surface area contributed by atoms with Crippen molar-refractivity contribution in [2.24, 2.45) is 0 Å². The zero-order chi connectivity index (χ0) is 20.8. The second kappa shape index (κ2) is 6.74. The van der Waals surface area contributed by atoms with Crippen molar-refractivity contribution < 1.29 is 9.90 Å². The number of nitrogens with one attached hydrogen (secondary N) is 3. The van der Waals surface area contributed by atoms with Gasteiger partial charge in [0, 0.05) is 24.8 Å². The van der Waals surface area contributed by atoms with Crippen molar-refractivity contribution in [2.75, 3.05) is 11.1 Å². The van der Waals surface area contributed by atoms with E-state index in [-0.39, 0.29) is 11.7 Å². The molecule has 0 bridgehead atoms. The molecule has 1 aliphatic heterocycles. The maximum Gasteiger partial charge on any atom is 0.271 e. The predicted molar refractivity (Wildman–Crippen MR) is 108 cm³/mol. The van der Waals surface area contributed by atoms with Gasteiger partial charge in [-0.05, 0) is 37.6 Å². The van der Waals surface area contributed by atoms with Crippen molar-refractivity contribution in [2.45, 2.75) is 32.7 Å². The van der Waals surface area contributed by atoms with E-state index in [1.54, 1.807) is 24.5 Å². The van der Waals surface area contributed by atoms with Gasteiger partial charge in [-0.2, -0.15) is 9.61 Å². The maximum atomic E-state index is 12.0. The summed E-state index contributed by atoms with van der Waals surface area (Å²) in [7, 11) is 0. The smallest absolute Gasteiger partial charge is 0.271 e. The van der Waals surface area contributed by atoms with E-state index in [2.05, 4.69) is 31.0 Å². The van der Waals surface area contributed by atoms with Gasteiger partial charge in [0.15, 0.2) is 5.65 Å². The van der Waals surface area contributed by atoms with Gasteiger partial charge in [-0.15, -0.1) is 0 Å². The third-order valence-electron chi connectivity index (χ3n) is 4.55. The molecule has 0 radical (unpaired) electrons. The number of nitrogens with zero attached hydrogens (tertiary/aromatic N) is 4. The molecule has 0 saturated carbocycles. The summed E-state index contributed by atoms with van der Waals surface area (Å²) < 4.78 is 1.48. The van der Waals surface area contributed by atoms with E-state index in [1.165, 1.54) is 11.4 Å². The van der Waals surface area contributed by atoms with Crippen molar-refractivity contribution in [1.29, 1.82) is 0 Å². The van der Waals surface area contributed by atoms with Crippen LogP contribution in [0.4, 0.5) is 11.6 Å². The van der Waals surface area contributed by atoms with Crippen LogP contribution in [0.5, 0.6) is 0 Å². The molecular formula is C19H22N8O2. The molecule has 6 N–H and O–H groups in total. The van der Waals surface area contributed by atoms with Gasteiger partial charge in [0.25, 0.3) is 5.91 Å².